The number of benzene rings is 1. The average molecular weight is 267 g/mol. The first-order valence-corrected chi connectivity index (χ1v) is 7.53. The Bertz CT molecular complexity index is 635. The lowest BCUT2D eigenvalue weighted by molar-refractivity contribution is 0.517. The summed E-state index contributed by atoms with van der Waals surface area (Å²) in [5.41, 5.74) is 3.28. The van der Waals surface area contributed by atoms with Crippen molar-refractivity contribution < 1.29 is 0 Å². The molecule has 0 bridgehead atoms. The van der Waals surface area contributed by atoms with Crippen LogP contribution in [-0.4, -0.2) is 17.6 Å². The van der Waals surface area contributed by atoms with Crippen LogP contribution in [0.25, 0.3) is 15.7 Å². The monoisotopic (exact) mass is 267 g/mol. The molecule has 2 aromatic rings. The zero-order valence-corrected chi connectivity index (χ0v) is 11.9. The van der Waals surface area contributed by atoms with Crippen LogP contribution < -0.4 is 5.32 Å². The van der Waals surface area contributed by atoms with E-state index in [1.807, 2.05) is 18.2 Å². The van der Waals surface area contributed by atoms with Crippen molar-refractivity contribution in [3.63, 3.8) is 0 Å². The predicted octanol–water partition coefficient (Wildman–Crippen LogP) is 4.35. The lowest BCUT2D eigenvalue weighted by Crippen LogP contribution is -2.26. The molecule has 20 heavy (non-hydrogen) atoms. The van der Waals surface area contributed by atoms with Gasteiger partial charge in [0.15, 0.2) is 5.69 Å². The van der Waals surface area contributed by atoms with Gasteiger partial charge in [0.2, 0.25) is 0 Å². The van der Waals surface area contributed by atoms with Crippen molar-refractivity contribution in [2.45, 2.75) is 44.6 Å². The van der Waals surface area contributed by atoms with Gasteiger partial charge in [-0.2, -0.15) is 0 Å². The van der Waals surface area contributed by atoms with Crippen LogP contribution in [0.15, 0.2) is 24.4 Å². The van der Waals surface area contributed by atoms with Crippen LogP contribution in [0.4, 0.5) is 5.69 Å². The molecule has 3 heteroatoms. The molecule has 2 unspecified atom stereocenters. The Morgan fingerprint density at radius 1 is 1.40 bits per heavy atom. The van der Waals surface area contributed by atoms with E-state index in [1.165, 1.54) is 36.6 Å². The van der Waals surface area contributed by atoms with Gasteiger partial charge in [0.25, 0.3) is 0 Å². The quantitative estimate of drug-likeness (QED) is 0.793. The first-order valence-electron chi connectivity index (χ1n) is 7.53. The molecule has 2 atom stereocenters. The van der Waals surface area contributed by atoms with Crippen molar-refractivity contribution in [2.24, 2.45) is 0 Å². The zero-order valence-electron chi connectivity index (χ0n) is 11.9. The summed E-state index contributed by atoms with van der Waals surface area (Å²) in [4.78, 5) is 6.90. The van der Waals surface area contributed by atoms with Crippen LogP contribution in [0.3, 0.4) is 0 Å². The maximum Gasteiger partial charge on any atom is 0.187 e. The van der Waals surface area contributed by atoms with Crippen molar-refractivity contribution in [3.05, 3.63) is 41.4 Å². The summed E-state index contributed by atoms with van der Waals surface area (Å²) >= 11 is 0. The smallest absolute Gasteiger partial charge is 0.187 e. The average Bonchev–Trinajstić information content (AvgIpc) is 3.10. The first-order chi connectivity index (χ1) is 9.81. The van der Waals surface area contributed by atoms with Crippen molar-refractivity contribution >= 4 is 16.6 Å². The van der Waals surface area contributed by atoms with Gasteiger partial charge < -0.3 is 10.3 Å². The number of rotatable bonds is 4. The predicted molar refractivity (Wildman–Crippen MR) is 83.2 cm³/mol. The fourth-order valence-electron chi connectivity index (χ4n) is 3.34. The van der Waals surface area contributed by atoms with Gasteiger partial charge in [-0.1, -0.05) is 13.0 Å². The fourth-order valence-corrected chi connectivity index (χ4v) is 3.34. The molecule has 1 aliphatic carbocycles. The minimum atomic E-state index is 0.624. The lowest BCUT2D eigenvalue weighted by atomic mass is 9.96. The summed E-state index contributed by atoms with van der Waals surface area (Å²) in [7, 11) is 0. The van der Waals surface area contributed by atoms with E-state index in [4.69, 9.17) is 6.57 Å². The molecule has 1 aromatic carbocycles. The van der Waals surface area contributed by atoms with Gasteiger partial charge in [0.1, 0.15) is 0 Å². The molecule has 104 valence electrons. The van der Waals surface area contributed by atoms with Gasteiger partial charge in [-0.25, -0.2) is 4.85 Å². The Morgan fingerprint density at radius 3 is 3.10 bits per heavy atom. The highest BCUT2D eigenvalue weighted by atomic mass is 14.9. The van der Waals surface area contributed by atoms with Gasteiger partial charge >= 0.3 is 0 Å². The molecule has 0 amide bonds. The summed E-state index contributed by atoms with van der Waals surface area (Å²) in [6, 6.07) is 6.60. The molecule has 0 saturated heterocycles. The molecule has 3 nitrogen and oxygen atoms in total. The van der Waals surface area contributed by atoms with E-state index < -0.39 is 0 Å². The Labute approximate surface area is 120 Å². The first kappa shape index (κ1) is 13.2. The number of nitrogens with one attached hydrogen (secondary N) is 2. The minimum Gasteiger partial charge on any atom is -0.361 e. The lowest BCUT2D eigenvalue weighted by Gasteiger charge is -2.12. The highest BCUT2D eigenvalue weighted by molar-refractivity contribution is 5.87. The Balaban J connectivity index is 1.82. The molecule has 1 aromatic heterocycles. The third kappa shape index (κ3) is 2.44. The van der Waals surface area contributed by atoms with Crippen LogP contribution in [-0.2, 0) is 0 Å². The van der Waals surface area contributed by atoms with E-state index in [1.54, 1.807) is 0 Å². The largest absolute Gasteiger partial charge is 0.361 e. The second kappa shape index (κ2) is 5.68. The van der Waals surface area contributed by atoms with Gasteiger partial charge in [-0.3, -0.25) is 0 Å². The second-order valence-corrected chi connectivity index (χ2v) is 5.75. The van der Waals surface area contributed by atoms with Gasteiger partial charge in [0, 0.05) is 17.8 Å². The van der Waals surface area contributed by atoms with Crippen molar-refractivity contribution in [1.29, 1.82) is 0 Å². The third-order valence-electron chi connectivity index (χ3n) is 4.38. The molecular formula is C17H21N3. The van der Waals surface area contributed by atoms with Crippen molar-refractivity contribution in [2.75, 3.05) is 6.54 Å². The zero-order chi connectivity index (χ0) is 13.9. The number of hydrogen-bond acceptors (Lipinski definition) is 1. The highest BCUT2D eigenvalue weighted by Gasteiger charge is 2.27. The maximum atomic E-state index is 7.16. The highest BCUT2D eigenvalue weighted by Crippen LogP contribution is 2.38. The summed E-state index contributed by atoms with van der Waals surface area (Å²) < 4.78 is 0. The van der Waals surface area contributed by atoms with Crippen LogP contribution in [0.2, 0.25) is 0 Å². The fraction of sp³-hybridized carbons (Fsp3) is 0.471. The molecule has 2 N–H and O–H groups in total. The molecule has 3 rings (SSSR count). The maximum absolute atomic E-state index is 7.16. The van der Waals surface area contributed by atoms with E-state index in [0.717, 1.165) is 17.7 Å². The summed E-state index contributed by atoms with van der Waals surface area (Å²) in [6.07, 6.45) is 7.07. The van der Waals surface area contributed by atoms with E-state index >= 15 is 0 Å². The Hall–Kier alpha value is -1.79. The van der Waals surface area contributed by atoms with E-state index in [2.05, 4.69) is 28.3 Å². The number of aromatic amines is 1. The molecule has 1 fully saturated rings. The van der Waals surface area contributed by atoms with Crippen LogP contribution in [0.5, 0.6) is 0 Å². The number of hydrogen-bond donors (Lipinski definition) is 2. The molecule has 0 aliphatic heterocycles. The summed E-state index contributed by atoms with van der Waals surface area (Å²) in [5.74, 6) is 0.624. The van der Waals surface area contributed by atoms with Crippen LogP contribution in [0.1, 0.15) is 44.1 Å². The Morgan fingerprint density at radius 2 is 2.30 bits per heavy atom. The molecular weight excluding hydrogens is 246 g/mol. The van der Waals surface area contributed by atoms with Gasteiger partial charge in [0.05, 0.1) is 6.57 Å². The number of H-pyrrole nitrogens is 1. The normalized spacial score (nSPS) is 22.2. The third-order valence-corrected chi connectivity index (χ3v) is 4.38. The molecule has 0 spiro atoms. The standard InChI is InChI=1S/C17H21N3/c1-3-8-19-14-5-4-12(9-14)16-11-20-17-7-6-13(18-2)10-15(16)17/h6-7,10-12,14,19-20H,3-5,8-9H2,1H3. The van der Waals surface area contributed by atoms with Gasteiger partial charge in [-0.15, -0.1) is 0 Å². The van der Waals surface area contributed by atoms with E-state index in [0.29, 0.717) is 12.0 Å². The van der Waals surface area contributed by atoms with Crippen LogP contribution in [0, 0.1) is 6.57 Å². The Kier molecular flexibility index (Phi) is 3.75. The second-order valence-electron chi connectivity index (χ2n) is 5.75. The van der Waals surface area contributed by atoms with E-state index in [9.17, 15) is 0 Å². The van der Waals surface area contributed by atoms with Crippen LogP contribution >= 0.6 is 0 Å². The molecule has 0 radical (unpaired) electrons. The van der Waals surface area contributed by atoms with Gasteiger partial charge in [-0.05, 0) is 61.2 Å². The topological polar surface area (TPSA) is 32.2 Å². The molecule has 1 saturated carbocycles. The SMILES string of the molecule is [C-]#[N+]c1ccc2[nH]cc(C3CCC(NCCC)C3)c2c1. The molecule has 1 heterocycles. The van der Waals surface area contributed by atoms with Crippen molar-refractivity contribution in [3.8, 4) is 0 Å². The van der Waals surface area contributed by atoms with E-state index in [-0.39, 0.29) is 0 Å². The minimum absolute atomic E-state index is 0.624. The number of fused-ring (bicyclic) bond motifs is 1. The summed E-state index contributed by atoms with van der Waals surface area (Å²) in [5, 5.41) is 4.87. The van der Waals surface area contributed by atoms with Crippen molar-refractivity contribution in [1.82, 2.24) is 10.3 Å². The summed E-state index contributed by atoms with van der Waals surface area (Å²) in [6.45, 7) is 10.5. The number of nitrogens with zero attached hydrogens (tertiary/aromatic N) is 1. The molecule has 1 aliphatic rings. The number of aromatic nitrogens is 1.